The van der Waals surface area contributed by atoms with Gasteiger partial charge in [-0.1, -0.05) is 12.2 Å². The van der Waals surface area contributed by atoms with Crippen molar-refractivity contribution in [1.82, 2.24) is 9.80 Å². The molecule has 26 heavy (non-hydrogen) atoms. The largest absolute Gasteiger partial charge is 0.497 e. The van der Waals surface area contributed by atoms with Crippen LogP contribution >= 0.6 is 0 Å². The van der Waals surface area contributed by atoms with E-state index in [1.165, 1.54) is 19.4 Å². The lowest BCUT2D eigenvalue weighted by Crippen LogP contribution is -2.51. The fraction of sp³-hybridized carbons (Fsp3) is 0.571. The molecule has 1 aliphatic heterocycles. The minimum atomic E-state index is 0.0725. The molecule has 0 radical (unpaired) electrons. The molecule has 2 aliphatic carbocycles. The molecule has 0 spiro atoms. The van der Waals surface area contributed by atoms with Crippen LogP contribution in [0.1, 0.15) is 12.8 Å². The number of rotatable bonds is 6. The Bertz CT molecular complexity index is 650. The fourth-order valence-corrected chi connectivity index (χ4v) is 4.52. The molecule has 1 aromatic carbocycles. The highest BCUT2D eigenvalue weighted by Crippen LogP contribution is 2.43. The lowest BCUT2D eigenvalue weighted by atomic mass is 9.93. The molecule has 3 atom stereocenters. The highest BCUT2D eigenvalue weighted by atomic mass is 16.5. The van der Waals surface area contributed by atoms with E-state index in [1.54, 1.807) is 7.11 Å². The predicted molar refractivity (Wildman–Crippen MR) is 100 cm³/mol. The highest BCUT2D eigenvalue weighted by Gasteiger charge is 2.36. The average molecular weight is 356 g/mol. The third-order valence-electron chi connectivity index (χ3n) is 6.06. The number of nitrogens with zero attached hydrogens (tertiary/aromatic N) is 2. The first kappa shape index (κ1) is 17.4. The SMILES string of the molecule is COc1ccc(OCC(=O)N2CCN(C[C@H]3C[C@H]4C=C[C@@H]3C4)CC2)cc1. The molecule has 3 aliphatic rings. The van der Waals surface area contributed by atoms with Crippen molar-refractivity contribution in [2.75, 3.05) is 46.4 Å². The second kappa shape index (κ2) is 7.70. The first-order valence-electron chi connectivity index (χ1n) is 9.66. The highest BCUT2D eigenvalue weighted by molar-refractivity contribution is 5.77. The number of hydrogen-bond donors (Lipinski definition) is 0. The quantitative estimate of drug-likeness (QED) is 0.734. The second-order valence-corrected chi connectivity index (χ2v) is 7.69. The van der Waals surface area contributed by atoms with Crippen LogP contribution in [0.25, 0.3) is 0 Å². The van der Waals surface area contributed by atoms with E-state index >= 15 is 0 Å². The molecule has 4 rings (SSSR count). The Hall–Kier alpha value is -2.01. The molecule has 5 heteroatoms. The summed E-state index contributed by atoms with van der Waals surface area (Å²) in [4.78, 5) is 16.9. The standard InChI is InChI=1S/C21H28N2O3/c1-25-19-4-6-20(7-5-19)26-15-21(24)23-10-8-22(9-11-23)14-18-13-16-2-3-17(18)12-16/h2-7,16-18H,8-15H2,1H3/t16-,17+,18+/m0/s1. The van der Waals surface area contributed by atoms with Crippen LogP contribution in [-0.2, 0) is 4.79 Å². The molecule has 1 saturated heterocycles. The number of carbonyl (C=O) groups is 1. The maximum Gasteiger partial charge on any atom is 0.260 e. The zero-order valence-electron chi connectivity index (χ0n) is 15.5. The Balaban J connectivity index is 1.19. The van der Waals surface area contributed by atoms with Crippen LogP contribution in [0, 0.1) is 17.8 Å². The zero-order valence-corrected chi connectivity index (χ0v) is 15.5. The van der Waals surface area contributed by atoms with Gasteiger partial charge in [-0.3, -0.25) is 9.69 Å². The smallest absolute Gasteiger partial charge is 0.260 e. The third-order valence-corrected chi connectivity index (χ3v) is 6.06. The van der Waals surface area contributed by atoms with Gasteiger partial charge in [0.2, 0.25) is 0 Å². The number of amides is 1. The van der Waals surface area contributed by atoms with Gasteiger partial charge in [0.05, 0.1) is 7.11 Å². The van der Waals surface area contributed by atoms with Gasteiger partial charge < -0.3 is 14.4 Å². The van der Waals surface area contributed by atoms with E-state index in [4.69, 9.17) is 9.47 Å². The molecular formula is C21H28N2O3. The van der Waals surface area contributed by atoms with Crippen LogP contribution < -0.4 is 9.47 Å². The van der Waals surface area contributed by atoms with Gasteiger partial charge in [0.15, 0.2) is 6.61 Å². The molecule has 1 amide bonds. The van der Waals surface area contributed by atoms with E-state index in [1.807, 2.05) is 29.2 Å². The lowest BCUT2D eigenvalue weighted by Gasteiger charge is -2.36. The topological polar surface area (TPSA) is 42.0 Å². The van der Waals surface area contributed by atoms with E-state index in [0.717, 1.165) is 49.7 Å². The summed E-state index contributed by atoms with van der Waals surface area (Å²) in [7, 11) is 1.63. The molecule has 2 fully saturated rings. The number of ether oxygens (including phenoxy) is 2. The Labute approximate surface area is 155 Å². The summed E-state index contributed by atoms with van der Waals surface area (Å²) in [6.45, 7) is 4.86. The molecular weight excluding hydrogens is 328 g/mol. The van der Waals surface area contributed by atoms with Crippen molar-refractivity contribution in [2.45, 2.75) is 12.8 Å². The maximum absolute atomic E-state index is 12.4. The van der Waals surface area contributed by atoms with Crippen LogP contribution in [0.2, 0.25) is 0 Å². The average Bonchev–Trinajstić information content (AvgIpc) is 3.30. The van der Waals surface area contributed by atoms with Crippen LogP contribution in [0.15, 0.2) is 36.4 Å². The second-order valence-electron chi connectivity index (χ2n) is 7.69. The van der Waals surface area contributed by atoms with Crippen molar-refractivity contribution < 1.29 is 14.3 Å². The van der Waals surface area contributed by atoms with Crippen molar-refractivity contribution in [2.24, 2.45) is 17.8 Å². The number of allylic oxidation sites excluding steroid dienone is 2. The fourth-order valence-electron chi connectivity index (χ4n) is 4.52. The summed E-state index contributed by atoms with van der Waals surface area (Å²) >= 11 is 0. The van der Waals surface area contributed by atoms with E-state index in [0.29, 0.717) is 5.75 Å². The normalized spacial score (nSPS) is 27.7. The van der Waals surface area contributed by atoms with Gasteiger partial charge in [-0.2, -0.15) is 0 Å². The van der Waals surface area contributed by atoms with Gasteiger partial charge in [-0.25, -0.2) is 0 Å². The third kappa shape index (κ3) is 3.88. The molecule has 1 aromatic rings. The maximum atomic E-state index is 12.4. The number of benzene rings is 1. The molecule has 140 valence electrons. The molecule has 5 nitrogen and oxygen atoms in total. The first-order valence-corrected chi connectivity index (χ1v) is 9.66. The molecule has 1 heterocycles. The Morgan fingerprint density at radius 3 is 2.38 bits per heavy atom. The molecule has 0 unspecified atom stereocenters. The molecule has 2 bridgehead atoms. The number of fused-ring (bicyclic) bond motifs is 2. The molecule has 1 saturated carbocycles. The summed E-state index contributed by atoms with van der Waals surface area (Å²) < 4.78 is 10.7. The van der Waals surface area contributed by atoms with E-state index in [9.17, 15) is 4.79 Å². The Morgan fingerprint density at radius 1 is 1.04 bits per heavy atom. The minimum Gasteiger partial charge on any atom is -0.497 e. The zero-order chi connectivity index (χ0) is 17.9. The van der Waals surface area contributed by atoms with Gasteiger partial charge >= 0.3 is 0 Å². The Morgan fingerprint density at radius 2 is 1.77 bits per heavy atom. The summed E-state index contributed by atoms with van der Waals surface area (Å²) in [5, 5.41) is 0. The Kier molecular flexibility index (Phi) is 5.16. The number of carbonyl (C=O) groups excluding carboxylic acids is 1. The van der Waals surface area contributed by atoms with Crippen molar-refractivity contribution in [3.05, 3.63) is 36.4 Å². The molecule has 0 aromatic heterocycles. The van der Waals surface area contributed by atoms with Crippen molar-refractivity contribution >= 4 is 5.91 Å². The first-order chi connectivity index (χ1) is 12.7. The predicted octanol–water partition coefficient (Wildman–Crippen LogP) is 2.43. The van der Waals surface area contributed by atoms with E-state index in [2.05, 4.69) is 17.1 Å². The summed E-state index contributed by atoms with van der Waals surface area (Å²) in [5.41, 5.74) is 0. The van der Waals surface area contributed by atoms with Gasteiger partial charge in [0.1, 0.15) is 11.5 Å². The van der Waals surface area contributed by atoms with Crippen LogP contribution in [0.4, 0.5) is 0 Å². The van der Waals surface area contributed by atoms with Crippen molar-refractivity contribution in [3.8, 4) is 11.5 Å². The van der Waals surface area contributed by atoms with Gasteiger partial charge in [0.25, 0.3) is 5.91 Å². The number of piperazine rings is 1. The van der Waals surface area contributed by atoms with Gasteiger partial charge in [-0.15, -0.1) is 0 Å². The summed E-state index contributed by atoms with van der Waals surface area (Å²) in [6.07, 6.45) is 7.55. The van der Waals surface area contributed by atoms with E-state index in [-0.39, 0.29) is 12.5 Å². The lowest BCUT2D eigenvalue weighted by molar-refractivity contribution is -0.135. The van der Waals surface area contributed by atoms with Gasteiger partial charge in [0, 0.05) is 32.7 Å². The number of hydrogen-bond acceptors (Lipinski definition) is 4. The summed E-state index contributed by atoms with van der Waals surface area (Å²) in [5.74, 6) is 4.02. The van der Waals surface area contributed by atoms with Crippen LogP contribution in [0.3, 0.4) is 0 Å². The molecule has 0 N–H and O–H groups in total. The van der Waals surface area contributed by atoms with Crippen LogP contribution in [0.5, 0.6) is 11.5 Å². The van der Waals surface area contributed by atoms with Crippen molar-refractivity contribution in [1.29, 1.82) is 0 Å². The summed E-state index contributed by atoms with van der Waals surface area (Å²) in [6, 6.07) is 7.33. The van der Waals surface area contributed by atoms with Crippen LogP contribution in [-0.4, -0.2) is 62.1 Å². The van der Waals surface area contributed by atoms with E-state index < -0.39 is 0 Å². The van der Waals surface area contributed by atoms with Crippen molar-refractivity contribution in [3.63, 3.8) is 0 Å². The minimum absolute atomic E-state index is 0.0725. The number of methoxy groups -OCH3 is 1. The monoisotopic (exact) mass is 356 g/mol. The van der Waals surface area contributed by atoms with Gasteiger partial charge in [-0.05, 0) is 54.9 Å².